The summed E-state index contributed by atoms with van der Waals surface area (Å²) in [6, 6.07) is 4.52. The molecule has 0 spiro atoms. The van der Waals surface area contributed by atoms with E-state index in [1.165, 1.54) is 6.07 Å². The lowest BCUT2D eigenvalue weighted by molar-refractivity contribution is 0.316. The SMILES string of the molecule is C=C1NCCOc2ccc(F)c(Cl)c2[C@@H](C)N(C)c2ccn3ncc1c3n2. The fourth-order valence-electron chi connectivity index (χ4n) is 3.18. The molecule has 1 aliphatic heterocycles. The van der Waals surface area contributed by atoms with Gasteiger partial charge in [0.15, 0.2) is 5.65 Å². The quantitative estimate of drug-likeness (QED) is 0.637. The Hall–Kier alpha value is -2.80. The standard InChI is InChI=1S/C19H19ClFN5O/c1-11-13-10-23-26-8-6-16(24-19(13)26)25(3)12(2)17-15(27-9-7-22-11)5-4-14(21)18(17)20/h4-6,8,10,12,22H,1,7,9H2,2-3H3/t12-/m1/s1. The molecule has 3 heterocycles. The van der Waals surface area contributed by atoms with E-state index in [0.29, 0.717) is 41.6 Å². The van der Waals surface area contributed by atoms with E-state index in [4.69, 9.17) is 21.3 Å². The first-order valence-electron chi connectivity index (χ1n) is 8.58. The van der Waals surface area contributed by atoms with Gasteiger partial charge in [0.25, 0.3) is 0 Å². The number of ether oxygens (including phenoxy) is 1. The van der Waals surface area contributed by atoms with Crippen LogP contribution in [0.5, 0.6) is 5.75 Å². The van der Waals surface area contributed by atoms with Crippen molar-refractivity contribution in [2.24, 2.45) is 0 Å². The molecule has 0 amide bonds. The van der Waals surface area contributed by atoms with Crippen molar-refractivity contribution >= 4 is 28.8 Å². The second-order valence-corrected chi connectivity index (χ2v) is 6.80. The molecule has 6 nitrogen and oxygen atoms in total. The molecular formula is C19H19ClFN5O. The number of halogens is 2. The minimum Gasteiger partial charge on any atom is -0.491 e. The summed E-state index contributed by atoms with van der Waals surface area (Å²) in [4.78, 5) is 6.66. The van der Waals surface area contributed by atoms with Crippen LogP contribution >= 0.6 is 11.6 Å². The number of fused-ring (bicyclic) bond motifs is 2. The Bertz CT molecular complexity index is 1030. The van der Waals surface area contributed by atoms with Gasteiger partial charge < -0.3 is 15.0 Å². The van der Waals surface area contributed by atoms with Crippen LogP contribution in [-0.2, 0) is 0 Å². The molecule has 0 aliphatic carbocycles. The van der Waals surface area contributed by atoms with Crippen molar-refractivity contribution in [3.63, 3.8) is 0 Å². The van der Waals surface area contributed by atoms with Crippen molar-refractivity contribution in [2.45, 2.75) is 13.0 Å². The molecule has 1 aliphatic rings. The molecule has 2 bridgehead atoms. The number of rotatable bonds is 0. The number of anilines is 1. The Kier molecular flexibility index (Phi) is 4.39. The predicted molar refractivity (Wildman–Crippen MR) is 104 cm³/mol. The van der Waals surface area contributed by atoms with Crippen molar-refractivity contribution < 1.29 is 9.13 Å². The Labute approximate surface area is 161 Å². The average molecular weight is 388 g/mol. The zero-order chi connectivity index (χ0) is 19.1. The van der Waals surface area contributed by atoms with E-state index < -0.39 is 5.82 Å². The number of benzene rings is 1. The Balaban J connectivity index is 1.88. The molecular weight excluding hydrogens is 369 g/mol. The molecule has 2 aromatic heterocycles. The minimum atomic E-state index is -0.475. The molecule has 3 aromatic rings. The summed E-state index contributed by atoms with van der Waals surface area (Å²) < 4.78 is 21.7. The van der Waals surface area contributed by atoms with Gasteiger partial charge in [-0.3, -0.25) is 0 Å². The predicted octanol–water partition coefficient (Wildman–Crippen LogP) is 3.67. The van der Waals surface area contributed by atoms with Gasteiger partial charge >= 0.3 is 0 Å². The van der Waals surface area contributed by atoms with E-state index in [9.17, 15) is 4.39 Å². The van der Waals surface area contributed by atoms with E-state index in [2.05, 4.69) is 17.0 Å². The topological polar surface area (TPSA) is 54.7 Å². The summed E-state index contributed by atoms with van der Waals surface area (Å²) in [7, 11) is 1.89. The molecule has 0 saturated heterocycles. The normalized spacial score (nSPS) is 17.6. The molecule has 1 atom stereocenters. The lowest BCUT2D eigenvalue weighted by Gasteiger charge is -2.28. The fourth-order valence-corrected chi connectivity index (χ4v) is 3.50. The lowest BCUT2D eigenvalue weighted by Crippen LogP contribution is -2.24. The van der Waals surface area contributed by atoms with Gasteiger partial charge in [-0.15, -0.1) is 0 Å². The zero-order valence-electron chi connectivity index (χ0n) is 15.0. The van der Waals surface area contributed by atoms with Gasteiger partial charge in [-0.1, -0.05) is 18.2 Å². The second kappa shape index (κ2) is 6.74. The van der Waals surface area contributed by atoms with Gasteiger partial charge in [-0.2, -0.15) is 5.10 Å². The maximum Gasteiger partial charge on any atom is 0.166 e. The van der Waals surface area contributed by atoms with Crippen LogP contribution < -0.4 is 15.0 Å². The highest BCUT2D eigenvalue weighted by Gasteiger charge is 2.24. The van der Waals surface area contributed by atoms with Gasteiger partial charge in [0, 0.05) is 31.0 Å². The van der Waals surface area contributed by atoms with Crippen molar-refractivity contribution in [1.82, 2.24) is 19.9 Å². The number of aromatic nitrogens is 3. The molecule has 4 rings (SSSR count). The molecule has 8 heteroatoms. The first-order chi connectivity index (χ1) is 13.0. The maximum absolute atomic E-state index is 14.1. The maximum atomic E-state index is 14.1. The van der Waals surface area contributed by atoms with E-state index in [1.54, 1.807) is 16.8 Å². The van der Waals surface area contributed by atoms with E-state index >= 15 is 0 Å². The zero-order valence-corrected chi connectivity index (χ0v) is 15.8. The van der Waals surface area contributed by atoms with Crippen molar-refractivity contribution in [3.05, 3.63) is 59.1 Å². The van der Waals surface area contributed by atoms with Gasteiger partial charge in [0.1, 0.15) is 24.0 Å². The summed E-state index contributed by atoms with van der Waals surface area (Å²) in [5.41, 5.74) is 2.81. The molecule has 0 saturated carbocycles. The van der Waals surface area contributed by atoms with Crippen LogP contribution in [0.25, 0.3) is 11.3 Å². The van der Waals surface area contributed by atoms with Crippen LogP contribution in [0.3, 0.4) is 0 Å². The molecule has 1 N–H and O–H groups in total. The monoisotopic (exact) mass is 387 g/mol. The summed E-state index contributed by atoms with van der Waals surface area (Å²) in [5.74, 6) is 0.781. The minimum absolute atomic E-state index is 0.0604. The van der Waals surface area contributed by atoms with Crippen LogP contribution in [-0.4, -0.2) is 34.8 Å². The van der Waals surface area contributed by atoms with Gasteiger partial charge in [0.05, 0.1) is 22.8 Å². The van der Waals surface area contributed by atoms with E-state index in [-0.39, 0.29) is 11.1 Å². The number of hydrogen-bond acceptors (Lipinski definition) is 5. The number of hydrogen-bond donors (Lipinski definition) is 1. The molecule has 0 radical (unpaired) electrons. The van der Waals surface area contributed by atoms with Crippen LogP contribution in [0.2, 0.25) is 5.02 Å². The summed E-state index contributed by atoms with van der Waals surface area (Å²) in [6.45, 7) is 6.91. The van der Waals surface area contributed by atoms with Crippen molar-refractivity contribution in [3.8, 4) is 5.75 Å². The first kappa shape index (κ1) is 17.6. The summed E-state index contributed by atoms with van der Waals surface area (Å²) in [6.07, 6.45) is 3.56. The van der Waals surface area contributed by atoms with Gasteiger partial charge in [0.2, 0.25) is 0 Å². The first-order valence-corrected chi connectivity index (χ1v) is 8.96. The highest BCUT2D eigenvalue weighted by molar-refractivity contribution is 6.31. The van der Waals surface area contributed by atoms with Crippen LogP contribution in [0.4, 0.5) is 10.2 Å². The third-order valence-electron chi connectivity index (χ3n) is 4.83. The summed E-state index contributed by atoms with van der Waals surface area (Å²) in [5, 5.41) is 7.60. The average Bonchev–Trinajstić information content (AvgIpc) is 3.09. The van der Waals surface area contributed by atoms with E-state index in [0.717, 1.165) is 5.56 Å². The van der Waals surface area contributed by atoms with Gasteiger partial charge in [-0.25, -0.2) is 13.9 Å². The highest BCUT2D eigenvalue weighted by Crippen LogP contribution is 2.38. The largest absolute Gasteiger partial charge is 0.491 e. The van der Waals surface area contributed by atoms with Crippen molar-refractivity contribution in [2.75, 3.05) is 25.1 Å². The number of nitrogens with one attached hydrogen (secondary N) is 1. The smallest absolute Gasteiger partial charge is 0.166 e. The molecule has 1 aromatic carbocycles. The highest BCUT2D eigenvalue weighted by atomic mass is 35.5. The third kappa shape index (κ3) is 2.98. The molecule has 27 heavy (non-hydrogen) atoms. The Morgan fingerprint density at radius 2 is 2.19 bits per heavy atom. The van der Waals surface area contributed by atoms with E-state index in [1.807, 2.05) is 31.1 Å². The Morgan fingerprint density at radius 3 is 3.00 bits per heavy atom. The molecule has 0 unspecified atom stereocenters. The Morgan fingerprint density at radius 1 is 1.37 bits per heavy atom. The van der Waals surface area contributed by atoms with Crippen LogP contribution in [0.15, 0.2) is 37.2 Å². The van der Waals surface area contributed by atoms with Gasteiger partial charge in [-0.05, 0) is 25.1 Å². The van der Waals surface area contributed by atoms with Crippen LogP contribution in [0, 0.1) is 5.82 Å². The molecule has 140 valence electrons. The van der Waals surface area contributed by atoms with Crippen molar-refractivity contribution in [1.29, 1.82) is 0 Å². The fraction of sp³-hybridized carbons (Fsp3) is 0.263. The second-order valence-electron chi connectivity index (χ2n) is 6.43. The third-order valence-corrected chi connectivity index (χ3v) is 5.21. The molecule has 0 fully saturated rings. The van der Waals surface area contributed by atoms with Crippen LogP contribution in [0.1, 0.15) is 24.1 Å². The summed E-state index contributed by atoms with van der Waals surface area (Å²) >= 11 is 6.30. The number of nitrogens with zero attached hydrogens (tertiary/aromatic N) is 4. The lowest BCUT2D eigenvalue weighted by atomic mass is 10.1.